The number of hydrogen-bond donors (Lipinski definition) is 1. The van der Waals surface area contributed by atoms with Crippen molar-refractivity contribution in [3.63, 3.8) is 0 Å². The fourth-order valence-corrected chi connectivity index (χ4v) is 2.30. The normalized spacial score (nSPS) is 18.8. The van der Waals surface area contributed by atoms with E-state index in [-0.39, 0.29) is 17.6 Å². The number of aromatic amines is 1. The largest absolute Gasteiger partial charge is 0.376 e. The zero-order valence-corrected chi connectivity index (χ0v) is 11.8. The molecule has 1 aromatic heterocycles. The van der Waals surface area contributed by atoms with Crippen LogP contribution in [0.2, 0.25) is 0 Å². The highest BCUT2D eigenvalue weighted by molar-refractivity contribution is 5.76. The van der Waals surface area contributed by atoms with E-state index >= 15 is 0 Å². The third-order valence-electron chi connectivity index (χ3n) is 3.51. The number of rotatable bonds is 5. The predicted octanol–water partition coefficient (Wildman–Crippen LogP) is 0.730. The number of nitrogens with one attached hydrogen (secondary N) is 1. The number of aryl methyl sites for hydroxylation is 1. The molecule has 0 bridgehead atoms. The number of aromatic nitrogens is 2. The Morgan fingerprint density at radius 3 is 3.00 bits per heavy atom. The van der Waals surface area contributed by atoms with Gasteiger partial charge in [-0.15, -0.1) is 0 Å². The number of carbonyl (C=O) groups excluding carboxylic acids is 1. The van der Waals surface area contributed by atoms with Crippen LogP contribution in [0.4, 0.5) is 0 Å². The topological polar surface area (TPSA) is 75.3 Å². The molecule has 1 aliphatic rings. The Kier molecular flexibility index (Phi) is 5.29. The highest BCUT2D eigenvalue weighted by atomic mass is 16.5. The lowest BCUT2D eigenvalue weighted by Crippen LogP contribution is -2.37. The third-order valence-corrected chi connectivity index (χ3v) is 3.51. The van der Waals surface area contributed by atoms with Crippen molar-refractivity contribution in [1.82, 2.24) is 15.1 Å². The van der Waals surface area contributed by atoms with Crippen LogP contribution in [-0.4, -0.2) is 47.3 Å². The van der Waals surface area contributed by atoms with Gasteiger partial charge in [0.25, 0.3) is 5.56 Å². The highest BCUT2D eigenvalue weighted by Crippen LogP contribution is 2.13. The maximum Gasteiger partial charge on any atom is 0.264 e. The molecule has 6 nitrogen and oxygen atoms in total. The minimum absolute atomic E-state index is 0.0761. The lowest BCUT2D eigenvalue weighted by molar-refractivity contribution is -0.132. The molecule has 1 N–H and O–H groups in total. The van der Waals surface area contributed by atoms with Crippen molar-refractivity contribution < 1.29 is 9.53 Å². The van der Waals surface area contributed by atoms with E-state index in [9.17, 15) is 9.59 Å². The molecule has 0 saturated carbocycles. The maximum atomic E-state index is 12.0. The molecule has 2 heterocycles. The Labute approximate surface area is 118 Å². The van der Waals surface area contributed by atoms with Gasteiger partial charge in [-0.2, -0.15) is 5.10 Å². The van der Waals surface area contributed by atoms with E-state index in [0.717, 1.165) is 25.1 Å². The molecule has 0 aromatic carbocycles. The van der Waals surface area contributed by atoms with Crippen LogP contribution in [0, 0.1) is 0 Å². The smallest absolute Gasteiger partial charge is 0.264 e. The third kappa shape index (κ3) is 4.45. The second kappa shape index (κ2) is 7.19. The minimum atomic E-state index is -0.230. The average molecular weight is 279 g/mol. The van der Waals surface area contributed by atoms with Gasteiger partial charge < -0.3 is 9.64 Å². The van der Waals surface area contributed by atoms with E-state index in [1.807, 2.05) is 0 Å². The van der Waals surface area contributed by atoms with Gasteiger partial charge in [-0.3, -0.25) is 9.59 Å². The molecule has 1 aliphatic heterocycles. The van der Waals surface area contributed by atoms with E-state index in [0.29, 0.717) is 19.4 Å². The van der Waals surface area contributed by atoms with Gasteiger partial charge in [0, 0.05) is 39.1 Å². The summed E-state index contributed by atoms with van der Waals surface area (Å²) in [6, 6.07) is 3.07. The Hall–Kier alpha value is -1.69. The summed E-state index contributed by atoms with van der Waals surface area (Å²) >= 11 is 0. The number of hydrogen-bond acceptors (Lipinski definition) is 4. The quantitative estimate of drug-likeness (QED) is 0.862. The molecule has 0 aliphatic carbocycles. The molecule has 1 atom stereocenters. The summed E-state index contributed by atoms with van der Waals surface area (Å²) in [7, 11) is 1.81. The first-order valence-corrected chi connectivity index (χ1v) is 7.05. The Morgan fingerprint density at radius 2 is 2.35 bits per heavy atom. The molecular weight excluding hydrogens is 258 g/mol. The molecule has 1 saturated heterocycles. The van der Waals surface area contributed by atoms with Crippen molar-refractivity contribution in [2.75, 3.05) is 20.2 Å². The van der Waals surface area contributed by atoms with Gasteiger partial charge >= 0.3 is 0 Å². The Bertz CT molecular complexity index is 474. The lowest BCUT2D eigenvalue weighted by atomic mass is 10.1. The van der Waals surface area contributed by atoms with Gasteiger partial charge in [0.05, 0.1) is 11.8 Å². The average Bonchev–Trinajstić information content (AvgIpc) is 2.47. The second-order valence-corrected chi connectivity index (χ2v) is 5.18. The van der Waals surface area contributed by atoms with Gasteiger partial charge in [-0.25, -0.2) is 5.10 Å². The number of H-pyrrole nitrogens is 1. The van der Waals surface area contributed by atoms with E-state index in [4.69, 9.17) is 4.74 Å². The van der Waals surface area contributed by atoms with Gasteiger partial charge in [-0.05, 0) is 25.3 Å². The zero-order valence-electron chi connectivity index (χ0n) is 11.8. The van der Waals surface area contributed by atoms with Crippen molar-refractivity contribution in [1.29, 1.82) is 0 Å². The molecular formula is C14H21N3O3. The van der Waals surface area contributed by atoms with Crippen LogP contribution in [-0.2, 0) is 16.0 Å². The van der Waals surface area contributed by atoms with Crippen LogP contribution in [0.5, 0.6) is 0 Å². The first-order chi connectivity index (χ1) is 9.65. The minimum Gasteiger partial charge on any atom is -0.376 e. The highest BCUT2D eigenvalue weighted by Gasteiger charge is 2.18. The van der Waals surface area contributed by atoms with E-state index in [1.54, 1.807) is 18.0 Å². The number of amides is 1. The van der Waals surface area contributed by atoms with Gasteiger partial charge in [0.1, 0.15) is 0 Å². The number of likely N-dealkylation sites (N-methyl/N-ethyl adjacent to an activating group) is 1. The second-order valence-electron chi connectivity index (χ2n) is 5.18. The van der Waals surface area contributed by atoms with Crippen LogP contribution in [0.25, 0.3) is 0 Å². The predicted molar refractivity (Wildman–Crippen MR) is 74.4 cm³/mol. The fourth-order valence-electron chi connectivity index (χ4n) is 2.30. The van der Waals surface area contributed by atoms with Crippen LogP contribution < -0.4 is 5.56 Å². The van der Waals surface area contributed by atoms with E-state index in [1.165, 1.54) is 12.5 Å². The summed E-state index contributed by atoms with van der Waals surface area (Å²) < 4.78 is 5.63. The standard InChI is InChI=1S/C14H21N3O3/c1-17(10-12-4-2-3-9-20-12)14(19)8-6-11-5-7-13(18)16-15-11/h5,7,12H,2-4,6,8-10H2,1H3,(H,16,18). The van der Waals surface area contributed by atoms with Crippen molar-refractivity contribution in [2.24, 2.45) is 0 Å². The van der Waals surface area contributed by atoms with Crippen molar-refractivity contribution in [3.8, 4) is 0 Å². The molecule has 110 valence electrons. The molecule has 6 heteroatoms. The number of carbonyl (C=O) groups is 1. The molecule has 1 unspecified atom stereocenters. The summed E-state index contributed by atoms with van der Waals surface area (Å²) in [6.45, 7) is 1.45. The van der Waals surface area contributed by atoms with E-state index in [2.05, 4.69) is 10.2 Å². The molecule has 20 heavy (non-hydrogen) atoms. The van der Waals surface area contributed by atoms with Crippen molar-refractivity contribution in [3.05, 3.63) is 28.2 Å². The number of ether oxygens (including phenoxy) is 1. The van der Waals surface area contributed by atoms with Gasteiger partial charge in [0.15, 0.2) is 0 Å². The fraction of sp³-hybridized carbons (Fsp3) is 0.643. The lowest BCUT2D eigenvalue weighted by Gasteiger charge is -2.27. The van der Waals surface area contributed by atoms with E-state index < -0.39 is 0 Å². The molecule has 1 fully saturated rings. The first kappa shape index (κ1) is 14.7. The SMILES string of the molecule is CN(CC1CCCCO1)C(=O)CCc1ccc(=O)[nH]n1. The molecule has 0 radical (unpaired) electrons. The summed E-state index contributed by atoms with van der Waals surface area (Å²) in [6.07, 6.45) is 4.41. The van der Waals surface area contributed by atoms with Crippen LogP contribution in [0.15, 0.2) is 16.9 Å². The summed E-state index contributed by atoms with van der Waals surface area (Å²) in [5.41, 5.74) is 0.493. The zero-order chi connectivity index (χ0) is 14.4. The first-order valence-electron chi connectivity index (χ1n) is 7.05. The molecule has 1 aromatic rings. The van der Waals surface area contributed by atoms with Gasteiger partial charge in [-0.1, -0.05) is 0 Å². The molecule has 2 rings (SSSR count). The Morgan fingerprint density at radius 1 is 1.50 bits per heavy atom. The number of nitrogens with zero attached hydrogens (tertiary/aromatic N) is 2. The summed E-state index contributed by atoms with van der Waals surface area (Å²) in [5.74, 6) is 0.0761. The van der Waals surface area contributed by atoms with Crippen LogP contribution in [0.3, 0.4) is 0 Å². The van der Waals surface area contributed by atoms with Crippen molar-refractivity contribution in [2.45, 2.75) is 38.2 Å². The maximum absolute atomic E-state index is 12.0. The summed E-state index contributed by atoms with van der Waals surface area (Å²) in [4.78, 5) is 24.6. The Balaban J connectivity index is 1.75. The monoisotopic (exact) mass is 279 g/mol. The van der Waals surface area contributed by atoms with Crippen LogP contribution in [0.1, 0.15) is 31.4 Å². The molecule has 1 amide bonds. The van der Waals surface area contributed by atoms with Crippen LogP contribution >= 0.6 is 0 Å². The van der Waals surface area contributed by atoms with Crippen molar-refractivity contribution >= 4 is 5.91 Å². The van der Waals surface area contributed by atoms with Gasteiger partial charge in [0.2, 0.25) is 5.91 Å². The summed E-state index contributed by atoms with van der Waals surface area (Å²) in [5, 5.41) is 6.26. The molecule has 0 spiro atoms.